The predicted octanol–water partition coefficient (Wildman–Crippen LogP) is 3.54. The van der Waals surface area contributed by atoms with E-state index in [-0.39, 0.29) is 13.2 Å². The molecule has 0 spiro atoms. The lowest BCUT2D eigenvalue weighted by molar-refractivity contribution is 0.0556. The van der Waals surface area contributed by atoms with Gasteiger partial charge in [-0.25, -0.2) is 0 Å². The van der Waals surface area contributed by atoms with Crippen LogP contribution in [0, 0.1) is 6.92 Å². The first-order chi connectivity index (χ1) is 15.4. The molecule has 0 radical (unpaired) electrons. The number of aliphatic hydroxyl groups is 2. The highest BCUT2D eigenvalue weighted by Crippen LogP contribution is 2.26. The van der Waals surface area contributed by atoms with Crippen LogP contribution >= 0.6 is 23.2 Å². The highest BCUT2D eigenvalue weighted by atomic mass is 35.5. The molecule has 176 valence electrons. The third-order valence-electron chi connectivity index (χ3n) is 5.50. The monoisotopic (exact) mass is 482 g/mol. The normalized spacial score (nSPS) is 17.2. The number of hydrogen-bond donors (Lipinski definition) is 3. The van der Waals surface area contributed by atoms with Crippen molar-refractivity contribution in [3.63, 3.8) is 0 Å². The Kier molecular flexibility index (Phi) is 9.91. The van der Waals surface area contributed by atoms with Crippen LogP contribution in [0.1, 0.15) is 18.4 Å². The second kappa shape index (κ2) is 12.6. The molecule has 0 saturated carbocycles. The number of β-amino-alcohol motifs (C(OH)–C–C–N with tert-alkyl or cyclic N) is 1. The fourth-order valence-electron chi connectivity index (χ4n) is 3.62. The summed E-state index contributed by atoms with van der Waals surface area (Å²) in [7, 11) is 0. The summed E-state index contributed by atoms with van der Waals surface area (Å²) < 4.78 is 11.3. The number of nitrogens with one attached hydrogen (secondary N) is 1. The number of hydrogen-bond acceptors (Lipinski definition) is 6. The second-order valence-electron chi connectivity index (χ2n) is 8.30. The van der Waals surface area contributed by atoms with Gasteiger partial charge >= 0.3 is 0 Å². The van der Waals surface area contributed by atoms with Crippen molar-refractivity contribution in [1.29, 1.82) is 0 Å². The van der Waals surface area contributed by atoms with Crippen molar-refractivity contribution in [1.82, 2.24) is 10.2 Å². The first-order valence-corrected chi connectivity index (χ1v) is 11.7. The molecule has 32 heavy (non-hydrogen) atoms. The summed E-state index contributed by atoms with van der Waals surface area (Å²) >= 11 is 11.9. The van der Waals surface area contributed by atoms with Crippen LogP contribution in [-0.4, -0.2) is 72.8 Å². The van der Waals surface area contributed by atoms with Gasteiger partial charge in [0.25, 0.3) is 0 Å². The van der Waals surface area contributed by atoms with Gasteiger partial charge in [0.05, 0.1) is 10.0 Å². The van der Waals surface area contributed by atoms with Crippen LogP contribution in [0.2, 0.25) is 10.0 Å². The van der Waals surface area contributed by atoms with Gasteiger partial charge in [0.15, 0.2) is 0 Å². The zero-order valence-corrected chi connectivity index (χ0v) is 19.9. The molecule has 0 aliphatic carbocycles. The summed E-state index contributed by atoms with van der Waals surface area (Å²) in [4.78, 5) is 2.23. The van der Waals surface area contributed by atoms with E-state index in [0.717, 1.165) is 31.7 Å². The molecule has 2 atom stereocenters. The Bertz CT molecular complexity index is 829. The van der Waals surface area contributed by atoms with E-state index in [1.54, 1.807) is 18.2 Å². The SMILES string of the molecule is Cc1ccc(OC[C@@H](O)CNC2CCN(C[C@H](O)COc3ccc(Cl)c(Cl)c3)CC2)cc1. The molecule has 3 rings (SSSR count). The lowest BCUT2D eigenvalue weighted by Crippen LogP contribution is -2.47. The first-order valence-electron chi connectivity index (χ1n) is 11.0. The number of rotatable bonds is 11. The predicted molar refractivity (Wildman–Crippen MR) is 128 cm³/mol. The van der Waals surface area contributed by atoms with Gasteiger partial charge in [-0.15, -0.1) is 0 Å². The largest absolute Gasteiger partial charge is 0.491 e. The molecule has 8 heteroatoms. The Morgan fingerprint density at radius 1 is 0.938 bits per heavy atom. The third-order valence-corrected chi connectivity index (χ3v) is 6.23. The zero-order valence-electron chi connectivity index (χ0n) is 18.3. The van der Waals surface area contributed by atoms with Crippen LogP contribution in [0.5, 0.6) is 11.5 Å². The summed E-state index contributed by atoms with van der Waals surface area (Å²) in [6.45, 7) is 5.32. The minimum atomic E-state index is -0.588. The molecule has 3 N–H and O–H groups in total. The molecule has 1 heterocycles. The Hall–Kier alpha value is -1.54. The minimum absolute atomic E-state index is 0.198. The van der Waals surface area contributed by atoms with Crippen LogP contribution in [0.3, 0.4) is 0 Å². The number of aliphatic hydroxyl groups excluding tert-OH is 2. The Morgan fingerprint density at radius 2 is 1.56 bits per heavy atom. The van der Waals surface area contributed by atoms with Gasteiger partial charge in [-0.3, -0.25) is 0 Å². The molecule has 1 aliphatic rings. The fourth-order valence-corrected chi connectivity index (χ4v) is 3.91. The van der Waals surface area contributed by atoms with E-state index < -0.39 is 12.2 Å². The van der Waals surface area contributed by atoms with Crippen molar-refractivity contribution in [3.8, 4) is 11.5 Å². The van der Waals surface area contributed by atoms with E-state index in [0.29, 0.717) is 34.9 Å². The standard InChI is InChI=1S/C24H32Cl2N2O4/c1-17-2-4-21(5-3-17)31-15-19(29)13-27-18-8-10-28(11-9-18)14-20(30)16-32-22-6-7-23(25)24(26)12-22/h2-7,12,18-20,27,29-30H,8-11,13-16H2,1H3/t19-,20-/m0/s1. The van der Waals surface area contributed by atoms with Crippen LogP contribution in [-0.2, 0) is 0 Å². The molecule has 0 amide bonds. The van der Waals surface area contributed by atoms with Crippen molar-refractivity contribution in [2.45, 2.75) is 38.0 Å². The van der Waals surface area contributed by atoms with Crippen molar-refractivity contribution < 1.29 is 19.7 Å². The maximum atomic E-state index is 10.3. The number of benzene rings is 2. The number of halogens is 2. The molecular weight excluding hydrogens is 451 g/mol. The molecule has 1 aliphatic heterocycles. The molecule has 6 nitrogen and oxygen atoms in total. The molecule has 0 aromatic heterocycles. The van der Waals surface area contributed by atoms with Crippen molar-refractivity contribution in [3.05, 3.63) is 58.1 Å². The van der Waals surface area contributed by atoms with Crippen LogP contribution in [0.4, 0.5) is 0 Å². The van der Waals surface area contributed by atoms with Crippen LogP contribution in [0.15, 0.2) is 42.5 Å². The summed E-state index contributed by atoms with van der Waals surface area (Å²) in [6, 6.07) is 13.2. The molecule has 0 unspecified atom stereocenters. The average Bonchev–Trinajstić information content (AvgIpc) is 2.79. The number of aryl methyl sites for hydroxylation is 1. The topological polar surface area (TPSA) is 74.2 Å². The Balaban J connectivity index is 1.28. The van der Waals surface area contributed by atoms with Crippen LogP contribution < -0.4 is 14.8 Å². The lowest BCUT2D eigenvalue weighted by atomic mass is 10.0. The van der Waals surface area contributed by atoms with Crippen LogP contribution in [0.25, 0.3) is 0 Å². The highest BCUT2D eigenvalue weighted by Gasteiger charge is 2.21. The molecule has 1 saturated heterocycles. The molecule has 0 bridgehead atoms. The van der Waals surface area contributed by atoms with Gasteiger partial charge in [0, 0.05) is 25.2 Å². The van der Waals surface area contributed by atoms with Gasteiger partial charge < -0.3 is 29.9 Å². The number of piperidine rings is 1. The quantitative estimate of drug-likeness (QED) is 0.454. The zero-order chi connectivity index (χ0) is 22.9. The van der Waals surface area contributed by atoms with Gasteiger partial charge in [-0.05, 0) is 57.1 Å². The van der Waals surface area contributed by atoms with Crippen molar-refractivity contribution >= 4 is 23.2 Å². The maximum absolute atomic E-state index is 10.3. The number of ether oxygens (including phenoxy) is 2. The van der Waals surface area contributed by atoms with Crippen molar-refractivity contribution in [2.75, 3.05) is 39.4 Å². The fraction of sp³-hybridized carbons (Fsp3) is 0.500. The summed E-state index contributed by atoms with van der Waals surface area (Å²) in [6.07, 6.45) is 0.780. The van der Waals surface area contributed by atoms with E-state index in [9.17, 15) is 10.2 Å². The molecular formula is C24H32Cl2N2O4. The Labute approximate surface area is 200 Å². The average molecular weight is 483 g/mol. The van der Waals surface area contributed by atoms with Gasteiger partial charge in [-0.2, -0.15) is 0 Å². The third kappa shape index (κ3) is 8.43. The summed E-state index contributed by atoms with van der Waals surface area (Å²) in [5, 5.41) is 24.8. The lowest BCUT2D eigenvalue weighted by Gasteiger charge is -2.33. The van der Waals surface area contributed by atoms with E-state index in [1.807, 2.05) is 31.2 Å². The number of nitrogens with zero attached hydrogens (tertiary/aromatic N) is 1. The summed E-state index contributed by atoms with van der Waals surface area (Å²) in [5.41, 5.74) is 1.18. The maximum Gasteiger partial charge on any atom is 0.121 e. The Morgan fingerprint density at radius 3 is 2.25 bits per heavy atom. The minimum Gasteiger partial charge on any atom is -0.491 e. The van der Waals surface area contributed by atoms with Gasteiger partial charge in [0.1, 0.15) is 36.9 Å². The molecule has 1 fully saturated rings. The van der Waals surface area contributed by atoms with Gasteiger partial charge in [-0.1, -0.05) is 40.9 Å². The second-order valence-corrected chi connectivity index (χ2v) is 9.12. The van der Waals surface area contributed by atoms with E-state index in [4.69, 9.17) is 32.7 Å². The van der Waals surface area contributed by atoms with E-state index >= 15 is 0 Å². The highest BCUT2D eigenvalue weighted by molar-refractivity contribution is 6.42. The van der Waals surface area contributed by atoms with Gasteiger partial charge in [0.2, 0.25) is 0 Å². The smallest absolute Gasteiger partial charge is 0.121 e. The number of likely N-dealkylation sites (tertiary alicyclic amines) is 1. The summed E-state index contributed by atoms with van der Waals surface area (Å²) in [5.74, 6) is 1.36. The first kappa shape index (κ1) is 25.1. The van der Waals surface area contributed by atoms with E-state index in [1.165, 1.54) is 5.56 Å². The molecule has 2 aromatic rings. The van der Waals surface area contributed by atoms with Crippen molar-refractivity contribution in [2.24, 2.45) is 0 Å². The molecule has 2 aromatic carbocycles. The van der Waals surface area contributed by atoms with E-state index in [2.05, 4.69) is 10.2 Å².